The first kappa shape index (κ1) is 15.5. The number of amides is 1. The van der Waals surface area contributed by atoms with Crippen molar-refractivity contribution in [1.82, 2.24) is 9.97 Å². The molecule has 1 N–H and O–H groups in total. The molecular formula is C18H15N3O3. The summed E-state index contributed by atoms with van der Waals surface area (Å²) < 4.78 is 10.8. The van der Waals surface area contributed by atoms with E-state index in [9.17, 15) is 4.79 Å². The van der Waals surface area contributed by atoms with E-state index in [2.05, 4.69) is 15.3 Å². The molecule has 1 amide bonds. The fourth-order valence-corrected chi connectivity index (χ4v) is 1.99. The third-order valence-corrected chi connectivity index (χ3v) is 3.06. The summed E-state index contributed by atoms with van der Waals surface area (Å²) in [6, 6.07) is 16.2. The van der Waals surface area contributed by atoms with E-state index < -0.39 is 6.09 Å². The predicted octanol–water partition coefficient (Wildman–Crippen LogP) is 3.67. The number of para-hydroxylation sites is 1. The fourth-order valence-electron chi connectivity index (χ4n) is 1.99. The van der Waals surface area contributed by atoms with E-state index in [0.29, 0.717) is 23.9 Å². The van der Waals surface area contributed by atoms with Crippen molar-refractivity contribution in [2.24, 2.45) is 0 Å². The molecule has 0 atom stereocenters. The highest BCUT2D eigenvalue weighted by atomic mass is 16.6. The van der Waals surface area contributed by atoms with E-state index in [1.807, 2.05) is 24.3 Å². The van der Waals surface area contributed by atoms with Crippen LogP contribution in [-0.2, 0) is 6.61 Å². The van der Waals surface area contributed by atoms with Crippen LogP contribution in [0.4, 0.5) is 10.5 Å². The van der Waals surface area contributed by atoms with Crippen LogP contribution >= 0.6 is 0 Å². The summed E-state index contributed by atoms with van der Waals surface area (Å²) in [5.74, 6) is 0.870. The SMILES string of the molecule is O=C(Nc1ccccc1)Oc1cccc(COc2cnccn2)c1. The minimum atomic E-state index is -0.548. The van der Waals surface area contributed by atoms with E-state index in [-0.39, 0.29) is 0 Å². The number of anilines is 1. The summed E-state index contributed by atoms with van der Waals surface area (Å²) in [4.78, 5) is 19.8. The number of hydrogen-bond acceptors (Lipinski definition) is 5. The smallest absolute Gasteiger partial charge is 0.417 e. The molecule has 24 heavy (non-hydrogen) atoms. The third-order valence-electron chi connectivity index (χ3n) is 3.06. The molecule has 6 nitrogen and oxygen atoms in total. The second-order valence-corrected chi connectivity index (χ2v) is 4.86. The first-order chi connectivity index (χ1) is 11.8. The molecule has 0 bridgehead atoms. The van der Waals surface area contributed by atoms with Crippen LogP contribution in [0.2, 0.25) is 0 Å². The van der Waals surface area contributed by atoms with Crippen molar-refractivity contribution >= 4 is 11.8 Å². The Bertz CT molecular complexity index is 795. The van der Waals surface area contributed by atoms with Crippen molar-refractivity contribution in [3.8, 4) is 11.6 Å². The summed E-state index contributed by atoms with van der Waals surface area (Å²) in [5.41, 5.74) is 1.52. The van der Waals surface area contributed by atoms with Crippen molar-refractivity contribution in [3.63, 3.8) is 0 Å². The lowest BCUT2D eigenvalue weighted by Gasteiger charge is -2.08. The van der Waals surface area contributed by atoms with Crippen molar-refractivity contribution in [1.29, 1.82) is 0 Å². The molecular weight excluding hydrogens is 306 g/mol. The van der Waals surface area contributed by atoms with Gasteiger partial charge in [-0.1, -0.05) is 30.3 Å². The largest absolute Gasteiger partial charge is 0.472 e. The molecule has 0 radical (unpaired) electrons. The Kier molecular flexibility index (Phi) is 4.99. The topological polar surface area (TPSA) is 73.3 Å². The number of benzene rings is 2. The molecule has 0 saturated heterocycles. The maximum Gasteiger partial charge on any atom is 0.417 e. The Morgan fingerprint density at radius 2 is 1.92 bits per heavy atom. The Labute approximate surface area is 139 Å². The Morgan fingerprint density at radius 1 is 1.04 bits per heavy atom. The number of rotatable bonds is 5. The second-order valence-electron chi connectivity index (χ2n) is 4.86. The maximum atomic E-state index is 11.9. The van der Waals surface area contributed by atoms with Crippen molar-refractivity contribution in [2.75, 3.05) is 5.32 Å². The minimum Gasteiger partial charge on any atom is -0.472 e. The van der Waals surface area contributed by atoms with Gasteiger partial charge in [0.25, 0.3) is 0 Å². The lowest BCUT2D eigenvalue weighted by atomic mass is 10.2. The highest BCUT2D eigenvalue weighted by Crippen LogP contribution is 2.16. The van der Waals surface area contributed by atoms with Crippen LogP contribution in [0.15, 0.2) is 73.2 Å². The van der Waals surface area contributed by atoms with Crippen molar-refractivity contribution < 1.29 is 14.3 Å². The Morgan fingerprint density at radius 3 is 2.71 bits per heavy atom. The molecule has 1 heterocycles. The molecule has 0 fully saturated rings. The molecule has 3 rings (SSSR count). The maximum absolute atomic E-state index is 11.9. The number of nitrogens with one attached hydrogen (secondary N) is 1. The van der Waals surface area contributed by atoms with Crippen LogP contribution in [0.3, 0.4) is 0 Å². The van der Waals surface area contributed by atoms with Crippen LogP contribution in [0, 0.1) is 0 Å². The van der Waals surface area contributed by atoms with Gasteiger partial charge in [-0.3, -0.25) is 10.3 Å². The molecule has 0 aliphatic carbocycles. The number of carbonyl (C=O) groups excluding carboxylic acids is 1. The molecule has 0 unspecified atom stereocenters. The van der Waals surface area contributed by atoms with Gasteiger partial charge in [0.2, 0.25) is 5.88 Å². The first-order valence-corrected chi connectivity index (χ1v) is 7.31. The van der Waals surface area contributed by atoms with Gasteiger partial charge in [0.1, 0.15) is 12.4 Å². The monoisotopic (exact) mass is 321 g/mol. The zero-order valence-electron chi connectivity index (χ0n) is 12.8. The molecule has 6 heteroatoms. The zero-order valence-corrected chi connectivity index (χ0v) is 12.8. The van der Waals surface area contributed by atoms with Crippen LogP contribution < -0.4 is 14.8 Å². The molecule has 120 valence electrons. The van der Waals surface area contributed by atoms with E-state index in [4.69, 9.17) is 9.47 Å². The highest BCUT2D eigenvalue weighted by Gasteiger charge is 2.06. The normalized spacial score (nSPS) is 10.0. The quantitative estimate of drug-likeness (QED) is 0.776. The summed E-state index contributed by atoms with van der Waals surface area (Å²) in [7, 11) is 0. The van der Waals surface area contributed by atoms with Gasteiger partial charge in [0.05, 0.1) is 6.20 Å². The second kappa shape index (κ2) is 7.73. The van der Waals surface area contributed by atoms with Gasteiger partial charge in [-0.25, -0.2) is 9.78 Å². The lowest BCUT2D eigenvalue weighted by molar-refractivity contribution is 0.215. The van der Waals surface area contributed by atoms with E-state index >= 15 is 0 Å². The summed E-state index contributed by atoms with van der Waals surface area (Å²) in [6.07, 6.45) is 4.12. The zero-order chi connectivity index (χ0) is 16.6. The van der Waals surface area contributed by atoms with E-state index in [1.165, 1.54) is 6.20 Å². The van der Waals surface area contributed by atoms with Gasteiger partial charge < -0.3 is 9.47 Å². The molecule has 2 aromatic carbocycles. The predicted molar refractivity (Wildman–Crippen MR) is 88.9 cm³/mol. The van der Waals surface area contributed by atoms with Crippen LogP contribution in [0.25, 0.3) is 0 Å². The van der Waals surface area contributed by atoms with Crippen LogP contribution in [0.5, 0.6) is 11.6 Å². The number of carbonyl (C=O) groups is 1. The first-order valence-electron chi connectivity index (χ1n) is 7.31. The summed E-state index contributed by atoms with van der Waals surface area (Å²) in [5, 5.41) is 2.66. The fraction of sp³-hybridized carbons (Fsp3) is 0.0556. The molecule has 0 spiro atoms. The van der Waals surface area contributed by atoms with Crippen molar-refractivity contribution in [3.05, 3.63) is 78.8 Å². The minimum absolute atomic E-state index is 0.302. The van der Waals surface area contributed by atoms with Gasteiger partial charge in [-0.2, -0.15) is 0 Å². The molecule has 3 aromatic rings. The van der Waals surface area contributed by atoms with Crippen LogP contribution in [-0.4, -0.2) is 16.1 Å². The van der Waals surface area contributed by atoms with Crippen LogP contribution in [0.1, 0.15) is 5.56 Å². The Hall–Kier alpha value is -3.41. The van der Waals surface area contributed by atoms with Gasteiger partial charge >= 0.3 is 6.09 Å². The molecule has 0 saturated carbocycles. The van der Waals surface area contributed by atoms with Gasteiger partial charge in [-0.15, -0.1) is 0 Å². The standard InChI is InChI=1S/C18H15N3O3/c22-18(21-15-6-2-1-3-7-15)24-16-8-4-5-14(11-16)13-23-17-12-19-9-10-20-17/h1-12H,13H2,(H,21,22). The van der Waals surface area contributed by atoms with Gasteiger partial charge in [-0.05, 0) is 29.8 Å². The number of ether oxygens (including phenoxy) is 2. The molecule has 0 aliphatic heterocycles. The van der Waals surface area contributed by atoms with Gasteiger partial charge in [0, 0.05) is 18.1 Å². The van der Waals surface area contributed by atoms with Gasteiger partial charge in [0.15, 0.2) is 0 Å². The Balaban J connectivity index is 1.57. The number of hydrogen-bond donors (Lipinski definition) is 1. The average molecular weight is 321 g/mol. The number of aromatic nitrogens is 2. The third kappa shape index (κ3) is 4.54. The van der Waals surface area contributed by atoms with E-state index in [0.717, 1.165) is 5.56 Å². The average Bonchev–Trinajstić information content (AvgIpc) is 2.62. The summed E-state index contributed by atoms with van der Waals surface area (Å²) >= 11 is 0. The van der Waals surface area contributed by atoms with E-state index in [1.54, 1.807) is 42.7 Å². The molecule has 0 aliphatic rings. The number of nitrogens with zero attached hydrogens (tertiary/aromatic N) is 2. The highest BCUT2D eigenvalue weighted by molar-refractivity contribution is 5.86. The lowest BCUT2D eigenvalue weighted by Crippen LogP contribution is -2.16. The van der Waals surface area contributed by atoms with Crippen molar-refractivity contribution in [2.45, 2.75) is 6.61 Å². The molecule has 1 aromatic heterocycles. The summed E-state index contributed by atoms with van der Waals surface area (Å²) in [6.45, 7) is 0.302.